The number of esters is 1. The summed E-state index contributed by atoms with van der Waals surface area (Å²) in [7, 11) is -2.82. The molecule has 0 saturated carbocycles. The number of nitrogens with zero attached hydrogens (tertiary/aromatic N) is 1. The first kappa shape index (κ1) is 19.7. The molecule has 2 rings (SSSR count). The summed E-state index contributed by atoms with van der Waals surface area (Å²) in [5.74, 6) is -0.796. The molecule has 2 aromatic rings. The van der Waals surface area contributed by atoms with Gasteiger partial charge in [-0.3, -0.25) is 9.10 Å². The molecule has 7 heteroatoms. The second-order valence-corrected chi connectivity index (χ2v) is 7.48. The quantitative estimate of drug-likeness (QED) is 0.549. The van der Waals surface area contributed by atoms with Crippen LogP contribution in [0.2, 0.25) is 0 Å². The van der Waals surface area contributed by atoms with Crippen molar-refractivity contribution >= 4 is 27.5 Å². The summed E-state index contributed by atoms with van der Waals surface area (Å²) < 4.78 is 32.4. The second kappa shape index (κ2) is 8.14. The van der Waals surface area contributed by atoms with Gasteiger partial charge in [0.1, 0.15) is 6.04 Å². The fourth-order valence-corrected chi connectivity index (χ4v) is 4.28. The smallest absolute Gasteiger partial charge is 0.329 e. The highest BCUT2D eigenvalue weighted by atomic mass is 32.2. The number of carbonyl (C=O) groups excluding carboxylic acids is 2. The number of hydrogen-bond donors (Lipinski definition) is 0. The number of para-hydroxylation sites is 1. The SMILES string of the molecule is CCC(C(=O)OC)N(c1ccccc1)S(=O)(=O)c1ccc(C(C)=O)cc1. The van der Waals surface area contributed by atoms with Gasteiger partial charge in [-0.25, -0.2) is 13.2 Å². The topological polar surface area (TPSA) is 80.8 Å². The van der Waals surface area contributed by atoms with Gasteiger partial charge in [0.2, 0.25) is 0 Å². The van der Waals surface area contributed by atoms with Gasteiger partial charge in [0.25, 0.3) is 10.0 Å². The maximum Gasteiger partial charge on any atom is 0.329 e. The Hall–Kier alpha value is -2.67. The first-order valence-electron chi connectivity index (χ1n) is 8.11. The molecule has 0 aliphatic carbocycles. The number of ether oxygens (including phenoxy) is 1. The molecule has 138 valence electrons. The van der Waals surface area contributed by atoms with Crippen molar-refractivity contribution in [1.82, 2.24) is 0 Å². The van der Waals surface area contributed by atoms with Crippen LogP contribution in [0.25, 0.3) is 0 Å². The first-order valence-corrected chi connectivity index (χ1v) is 9.55. The number of methoxy groups -OCH3 is 1. The molecule has 0 heterocycles. The molecule has 26 heavy (non-hydrogen) atoms. The van der Waals surface area contributed by atoms with Crippen molar-refractivity contribution < 1.29 is 22.7 Å². The van der Waals surface area contributed by atoms with Crippen molar-refractivity contribution in [2.45, 2.75) is 31.2 Å². The maximum absolute atomic E-state index is 13.3. The Morgan fingerprint density at radius 2 is 1.62 bits per heavy atom. The molecule has 0 saturated heterocycles. The summed E-state index contributed by atoms with van der Waals surface area (Å²) in [6.45, 7) is 3.12. The van der Waals surface area contributed by atoms with Gasteiger partial charge in [0, 0.05) is 5.56 Å². The van der Waals surface area contributed by atoms with Crippen molar-refractivity contribution in [2.24, 2.45) is 0 Å². The fourth-order valence-electron chi connectivity index (χ4n) is 2.60. The molecule has 2 aromatic carbocycles. The van der Waals surface area contributed by atoms with Crippen LogP contribution in [0.1, 0.15) is 30.6 Å². The van der Waals surface area contributed by atoms with E-state index >= 15 is 0 Å². The van der Waals surface area contributed by atoms with Gasteiger partial charge < -0.3 is 4.74 Å². The lowest BCUT2D eigenvalue weighted by Gasteiger charge is -2.30. The summed E-state index contributed by atoms with van der Waals surface area (Å²) in [5, 5.41) is 0. The molecule has 1 unspecified atom stereocenters. The molecule has 0 fully saturated rings. The van der Waals surface area contributed by atoms with E-state index in [-0.39, 0.29) is 17.1 Å². The number of Topliss-reactive ketones (excluding diaryl/α,β-unsaturated/α-hetero) is 1. The molecule has 6 nitrogen and oxygen atoms in total. The molecule has 0 radical (unpaired) electrons. The standard InChI is InChI=1S/C19H21NO5S/c1-4-18(19(22)25-3)20(16-8-6-5-7-9-16)26(23,24)17-12-10-15(11-13-17)14(2)21/h5-13,18H,4H2,1-3H3. The fraction of sp³-hybridized carbons (Fsp3) is 0.263. The number of ketones is 1. The molecular formula is C19H21NO5S. The average molecular weight is 375 g/mol. The van der Waals surface area contributed by atoms with Crippen LogP contribution in [0.5, 0.6) is 0 Å². The molecule has 0 amide bonds. The molecule has 0 spiro atoms. The van der Waals surface area contributed by atoms with E-state index < -0.39 is 22.0 Å². The molecule has 0 N–H and O–H groups in total. The predicted octanol–water partition coefficient (Wildman–Crippen LogP) is 3.04. The monoisotopic (exact) mass is 375 g/mol. The Morgan fingerprint density at radius 1 is 1.04 bits per heavy atom. The lowest BCUT2D eigenvalue weighted by molar-refractivity contribution is -0.142. The Labute approximate surface area is 153 Å². The van der Waals surface area contributed by atoms with E-state index in [9.17, 15) is 18.0 Å². The van der Waals surface area contributed by atoms with Gasteiger partial charge in [-0.2, -0.15) is 0 Å². The summed E-state index contributed by atoms with van der Waals surface area (Å²) >= 11 is 0. The lowest BCUT2D eigenvalue weighted by atomic mass is 10.2. The minimum absolute atomic E-state index is 0.00583. The normalized spacial score (nSPS) is 12.3. The van der Waals surface area contributed by atoms with Gasteiger partial charge in [0.05, 0.1) is 17.7 Å². The Balaban J connectivity index is 2.59. The zero-order chi connectivity index (χ0) is 19.3. The summed E-state index contributed by atoms with van der Waals surface area (Å²) in [6.07, 6.45) is 0.242. The minimum Gasteiger partial charge on any atom is -0.467 e. The molecule has 0 aliphatic rings. The van der Waals surface area contributed by atoms with Crippen LogP contribution in [0, 0.1) is 0 Å². The van der Waals surface area contributed by atoms with Crippen LogP contribution in [0.15, 0.2) is 59.5 Å². The van der Waals surface area contributed by atoms with Crippen LogP contribution >= 0.6 is 0 Å². The number of anilines is 1. The van der Waals surface area contributed by atoms with E-state index in [1.165, 1.54) is 38.3 Å². The zero-order valence-corrected chi connectivity index (χ0v) is 15.7. The van der Waals surface area contributed by atoms with Gasteiger partial charge >= 0.3 is 5.97 Å². The third kappa shape index (κ3) is 3.94. The second-order valence-electron chi connectivity index (χ2n) is 5.66. The number of carbonyl (C=O) groups is 2. The lowest BCUT2D eigenvalue weighted by Crippen LogP contribution is -2.45. The molecular weight excluding hydrogens is 354 g/mol. The van der Waals surface area contributed by atoms with Crippen LogP contribution in [-0.2, 0) is 19.6 Å². The van der Waals surface area contributed by atoms with Crippen LogP contribution < -0.4 is 4.31 Å². The van der Waals surface area contributed by atoms with E-state index in [1.54, 1.807) is 37.3 Å². The number of rotatable bonds is 7. The third-order valence-corrected chi connectivity index (χ3v) is 5.82. The van der Waals surface area contributed by atoms with Gasteiger partial charge in [-0.1, -0.05) is 37.3 Å². The molecule has 0 aromatic heterocycles. The molecule has 0 aliphatic heterocycles. The maximum atomic E-state index is 13.3. The van der Waals surface area contributed by atoms with Crippen molar-refractivity contribution in [2.75, 3.05) is 11.4 Å². The zero-order valence-electron chi connectivity index (χ0n) is 14.9. The number of hydrogen-bond acceptors (Lipinski definition) is 5. The van der Waals surface area contributed by atoms with E-state index in [2.05, 4.69) is 0 Å². The average Bonchev–Trinajstić information content (AvgIpc) is 2.65. The predicted molar refractivity (Wildman–Crippen MR) is 98.6 cm³/mol. The Morgan fingerprint density at radius 3 is 2.08 bits per heavy atom. The molecule has 0 bridgehead atoms. The summed E-state index contributed by atoms with van der Waals surface area (Å²) in [4.78, 5) is 23.6. The number of sulfonamides is 1. The Bertz CT molecular complexity index is 876. The highest BCUT2D eigenvalue weighted by molar-refractivity contribution is 7.93. The van der Waals surface area contributed by atoms with Gasteiger partial charge in [0.15, 0.2) is 5.78 Å². The van der Waals surface area contributed by atoms with E-state index in [1.807, 2.05) is 0 Å². The van der Waals surface area contributed by atoms with Crippen LogP contribution in [0.3, 0.4) is 0 Å². The summed E-state index contributed by atoms with van der Waals surface area (Å²) in [5.41, 5.74) is 0.774. The van der Waals surface area contributed by atoms with Crippen molar-refractivity contribution in [3.8, 4) is 0 Å². The van der Waals surface area contributed by atoms with E-state index in [0.717, 1.165) is 4.31 Å². The van der Waals surface area contributed by atoms with E-state index in [0.29, 0.717) is 11.3 Å². The highest BCUT2D eigenvalue weighted by Gasteiger charge is 2.35. The van der Waals surface area contributed by atoms with E-state index in [4.69, 9.17) is 4.74 Å². The third-order valence-electron chi connectivity index (χ3n) is 3.97. The van der Waals surface area contributed by atoms with Crippen molar-refractivity contribution in [3.63, 3.8) is 0 Å². The highest BCUT2D eigenvalue weighted by Crippen LogP contribution is 2.28. The van der Waals surface area contributed by atoms with Gasteiger partial charge in [-0.05, 0) is 37.6 Å². The largest absolute Gasteiger partial charge is 0.467 e. The molecule has 1 atom stereocenters. The van der Waals surface area contributed by atoms with Crippen molar-refractivity contribution in [1.29, 1.82) is 0 Å². The van der Waals surface area contributed by atoms with Crippen LogP contribution in [0.4, 0.5) is 5.69 Å². The van der Waals surface area contributed by atoms with Gasteiger partial charge in [-0.15, -0.1) is 0 Å². The van der Waals surface area contributed by atoms with Crippen molar-refractivity contribution in [3.05, 3.63) is 60.2 Å². The van der Waals surface area contributed by atoms with Crippen LogP contribution in [-0.4, -0.2) is 33.3 Å². The number of benzene rings is 2. The minimum atomic E-state index is -4.04. The summed E-state index contributed by atoms with van der Waals surface area (Å²) in [6, 6.07) is 13.0. The first-order chi connectivity index (χ1) is 12.3. The Kier molecular flexibility index (Phi) is 6.15.